The summed E-state index contributed by atoms with van der Waals surface area (Å²) < 4.78 is 32.4. The molecule has 0 atom stereocenters. The van der Waals surface area contributed by atoms with Crippen LogP contribution in [0.2, 0.25) is 0 Å². The standard InChI is InChI=1S/C13H10BrF2NO2S/c1-2-19-12(18)13(15,16)7-11(20-8-17)9-3-5-10(14)6-4-9/h3-7H,2H2,1H3/b11-7+. The SMILES string of the molecule is CCOC(=O)C(F)(F)/C=C(/SC#N)c1ccc(Br)cc1. The van der Waals surface area contributed by atoms with Gasteiger partial charge in [0, 0.05) is 15.5 Å². The van der Waals surface area contributed by atoms with Crippen molar-refractivity contribution >= 4 is 38.6 Å². The molecule has 0 aromatic heterocycles. The van der Waals surface area contributed by atoms with Crippen LogP contribution in [0.15, 0.2) is 34.8 Å². The van der Waals surface area contributed by atoms with Gasteiger partial charge in [0.05, 0.1) is 6.61 Å². The largest absolute Gasteiger partial charge is 0.461 e. The van der Waals surface area contributed by atoms with Gasteiger partial charge >= 0.3 is 11.9 Å². The highest BCUT2D eigenvalue weighted by Crippen LogP contribution is 2.32. The minimum Gasteiger partial charge on any atom is -0.461 e. The number of ether oxygens (including phenoxy) is 1. The van der Waals surface area contributed by atoms with E-state index in [-0.39, 0.29) is 11.5 Å². The van der Waals surface area contributed by atoms with Gasteiger partial charge in [0.15, 0.2) is 0 Å². The summed E-state index contributed by atoms with van der Waals surface area (Å²) in [6.45, 7) is 1.30. The fourth-order valence-electron chi connectivity index (χ4n) is 1.29. The van der Waals surface area contributed by atoms with E-state index in [0.29, 0.717) is 23.4 Å². The molecule has 0 fully saturated rings. The molecule has 0 saturated carbocycles. The highest BCUT2D eigenvalue weighted by molar-refractivity contribution is 9.10. The van der Waals surface area contributed by atoms with E-state index in [9.17, 15) is 13.6 Å². The van der Waals surface area contributed by atoms with Crippen molar-refractivity contribution in [3.63, 3.8) is 0 Å². The monoisotopic (exact) mass is 361 g/mol. The fourth-order valence-corrected chi connectivity index (χ4v) is 2.11. The number of hydrogen-bond acceptors (Lipinski definition) is 4. The molecule has 0 unspecified atom stereocenters. The third-order valence-electron chi connectivity index (χ3n) is 2.14. The number of nitriles is 1. The van der Waals surface area contributed by atoms with E-state index in [0.717, 1.165) is 4.47 Å². The van der Waals surface area contributed by atoms with Gasteiger partial charge < -0.3 is 4.74 Å². The van der Waals surface area contributed by atoms with Crippen molar-refractivity contribution in [2.45, 2.75) is 12.8 Å². The predicted molar refractivity (Wildman–Crippen MR) is 76.9 cm³/mol. The maximum Gasteiger partial charge on any atom is 0.381 e. The molecule has 0 amide bonds. The van der Waals surface area contributed by atoms with Crippen molar-refractivity contribution < 1.29 is 18.3 Å². The number of alkyl halides is 2. The topological polar surface area (TPSA) is 50.1 Å². The van der Waals surface area contributed by atoms with Crippen molar-refractivity contribution in [3.8, 4) is 5.40 Å². The Kier molecular flexibility index (Phi) is 6.17. The molecule has 7 heteroatoms. The maximum atomic E-state index is 13.7. The minimum atomic E-state index is -3.78. The first kappa shape index (κ1) is 16.7. The van der Waals surface area contributed by atoms with Gasteiger partial charge in [0.2, 0.25) is 0 Å². The summed E-state index contributed by atoms with van der Waals surface area (Å²) in [6, 6.07) is 6.45. The number of thioether (sulfide) groups is 1. The molecule has 20 heavy (non-hydrogen) atoms. The number of esters is 1. The molecule has 106 valence electrons. The molecule has 0 heterocycles. The Bertz CT molecular complexity index is 552. The maximum absolute atomic E-state index is 13.7. The number of rotatable bonds is 5. The summed E-state index contributed by atoms with van der Waals surface area (Å²) in [6.07, 6.45) is 0.447. The molecule has 3 nitrogen and oxygen atoms in total. The van der Waals surface area contributed by atoms with Gasteiger partial charge in [-0.05, 0) is 36.4 Å². The van der Waals surface area contributed by atoms with Gasteiger partial charge in [-0.3, -0.25) is 0 Å². The van der Waals surface area contributed by atoms with Crippen LogP contribution in [0.25, 0.3) is 4.91 Å². The Morgan fingerprint density at radius 3 is 2.60 bits per heavy atom. The van der Waals surface area contributed by atoms with E-state index >= 15 is 0 Å². The molecular weight excluding hydrogens is 352 g/mol. The summed E-state index contributed by atoms with van der Waals surface area (Å²) >= 11 is 3.79. The molecule has 1 rings (SSSR count). The van der Waals surface area contributed by atoms with E-state index < -0.39 is 11.9 Å². The molecule has 0 bridgehead atoms. The molecule has 0 aliphatic rings. The number of nitrogens with zero attached hydrogens (tertiary/aromatic N) is 1. The van der Waals surface area contributed by atoms with Gasteiger partial charge in [0.25, 0.3) is 0 Å². The van der Waals surface area contributed by atoms with E-state index in [1.165, 1.54) is 6.92 Å². The van der Waals surface area contributed by atoms with Crippen LogP contribution in [0.1, 0.15) is 12.5 Å². The first-order chi connectivity index (χ1) is 9.40. The average molecular weight is 362 g/mol. The Hall–Kier alpha value is -1.39. The lowest BCUT2D eigenvalue weighted by molar-refractivity contribution is -0.164. The molecule has 0 aliphatic heterocycles. The second kappa shape index (κ2) is 7.41. The van der Waals surface area contributed by atoms with Gasteiger partial charge in [-0.1, -0.05) is 28.1 Å². The highest BCUT2D eigenvalue weighted by atomic mass is 79.9. The van der Waals surface area contributed by atoms with Crippen LogP contribution in [-0.2, 0) is 9.53 Å². The first-order valence-corrected chi connectivity index (χ1v) is 7.11. The normalized spacial score (nSPS) is 11.8. The molecule has 0 spiro atoms. The number of thiocyanates is 1. The van der Waals surface area contributed by atoms with Crippen LogP contribution in [-0.4, -0.2) is 18.5 Å². The smallest absolute Gasteiger partial charge is 0.381 e. The molecule has 0 N–H and O–H groups in total. The van der Waals surface area contributed by atoms with E-state index in [1.807, 2.05) is 0 Å². The van der Waals surface area contributed by atoms with Crippen molar-refractivity contribution in [2.75, 3.05) is 6.61 Å². The molecule has 0 saturated heterocycles. The second-order valence-electron chi connectivity index (χ2n) is 3.55. The van der Waals surface area contributed by atoms with Crippen LogP contribution in [0.5, 0.6) is 0 Å². The Morgan fingerprint density at radius 2 is 2.10 bits per heavy atom. The predicted octanol–water partition coefficient (Wildman–Crippen LogP) is 4.20. The highest BCUT2D eigenvalue weighted by Gasteiger charge is 2.38. The van der Waals surface area contributed by atoms with Gasteiger partial charge in [-0.2, -0.15) is 14.0 Å². The zero-order valence-corrected chi connectivity index (χ0v) is 12.8. The third kappa shape index (κ3) is 4.62. The lowest BCUT2D eigenvalue weighted by Gasteiger charge is -2.12. The number of halogens is 3. The average Bonchev–Trinajstić information content (AvgIpc) is 2.39. The van der Waals surface area contributed by atoms with Crippen molar-refractivity contribution in [2.24, 2.45) is 0 Å². The third-order valence-corrected chi connectivity index (χ3v) is 3.34. The molecule has 0 radical (unpaired) electrons. The molecule has 1 aromatic carbocycles. The molecular formula is C13H10BrF2NO2S. The Balaban J connectivity index is 3.13. The molecule has 0 aliphatic carbocycles. The van der Waals surface area contributed by atoms with E-state index in [1.54, 1.807) is 29.7 Å². The van der Waals surface area contributed by atoms with Crippen molar-refractivity contribution in [1.82, 2.24) is 0 Å². The van der Waals surface area contributed by atoms with Gasteiger partial charge in [0.1, 0.15) is 5.40 Å². The Labute approximate surface area is 127 Å². The fraction of sp³-hybridized carbons (Fsp3) is 0.231. The van der Waals surface area contributed by atoms with Crippen LogP contribution < -0.4 is 0 Å². The number of carbonyl (C=O) groups excluding carboxylic acids is 1. The minimum absolute atomic E-state index is 0.00180. The number of benzene rings is 1. The summed E-state index contributed by atoms with van der Waals surface area (Å²) in [7, 11) is 0. The lowest BCUT2D eigenvalue weighted by atomic mass is 10.2. The Morgan fingerprint density at radius 1 is 1.50 bits per heavy atom. The van der Waals surface area contributed by atoms with Gasteiger partial charge in [-0.25, -0.2) is 4.79 Å². The van der Waals surface area contributed by atoms with Crippen LogP contribution in [0, 0.1) is 10.7 Å². The molecule has 1 aromatic rings. The first-order valence-electron chi connectivity index (χ1n) is 5.50. The van der Waals surface area contributed by atoms with E-state index in [4.69, 9.17) is 5.26 Å². The summed E-state index contributed by atoms with van der Waals surface area (Å²) in [5.41, 5.74) is 0.420. The lowest BCUT2D eigenvalue weighted by Crippen LogP contribution is -2.28. The van der Waals surface area contributed by atoms with Crippen molar-refractivity contribution in [3.05, 3.63) is 40.4 Å². The van der Waals surface area contributed by atoms with Crippen LogP contribution in [0.3, 0.4) is 0 Å². The summed E-state index contributed by atoms with van der Waals surface area (Å²) in [5, 5.41) is 10.4. The van der Waals surface area contributed by atoms with Crippen LogP contribution in [0.4, 0.5) is 8.78 Å². The summed E-state index contributed by atoms with van der Waals surface area (Å²) in [4.78, 5) is 11.2. The van der Waals surface area contributed by atoms with Crippen molar-refractivity contribution in [1.29, 1.82) is 5.26 Å². The van der Waals surface area contributed by atoms with Crippen LogP contribution >= 0.6 is 27.7 Å². The number of carbonyl (C=O) groups is 1. The number of hydrogen-bond donors (Lipinski definition) is 0. The zero-order chi connectivity index (χ0) is 15.2. The van der Waals surface area contributed by atoms with Gasteiger partial charge in [-0.15, -0.1) is 0 Å². The zero-order valence-electron chi connectivity index (χ0n) is 10.4. The summed E-state index contributed by atoms with van der Waals surface area (Å²) in [5.74, 6) is -5.41. The second-order valence-corrected chi connectivity index (χ2v) is 5.29. The quantitative estimate of drug-likeness (QED) is 0.582. The van der Waals surface area contributed by atoms with E-state index in [2.05, 4.69) is 20.7 Å².